The van der Waals surface area contributed by atoms with E-state index >= 15 is 0 Å². The van der Waals surface area contributed by atoms with E-state index in [1.165, 1.54) is 30.8 Å². The summed E-state index contributed by atoms with van der Waals surface area (Å²) in [6.45, 7) is 5.67. The number of thioether (sulfide) groups is 1. The van der Waals surface area contributed by atoms with Crippen molar-refractivity contribution in [3.8, 4) is 0 Å². The monoisotopic (exact) mass is 283 g/mol. The maximum absolute atomic E-state index is 12.2. The van der Waals surface area contributed by atoms with Crippen LogP contribution in [0, 0.1) is 0 Å². The van der Waals surface area contributed by atoms with E-state index in [1.54, 1.807) is 18.9 Å². The molecule has 2 aliphatic rings. The normalized spacial score (nSPS) is 24.5. The van der Waals surface area contributed by atoms with Gasteiger partial charge in [-0.05, 0) is 38.8 Å². The number of unbranched alkanes of at least 4 members (excludes halogenated alkanes) is 1. The second-order valence-corrected chi connectivity index (χ2v) is 6.67. The molecule has 108 valence electrons. The number of methoxy groups -OCH3 is 1. The largest absolute Gasteiger partial charge is 0.492 e. The standard InChI is InChI=1S/C15H25NO2S/c1-3-4-7-12-14(17)15(18-2)13(19-12)8-11-16-9-5-6-10-16/h12H,3-11H2,1-2H3. The summed E-state index contributed by atoms with van der Waals surface area (Å²) in [6.07, 6.45) is 6.88. The Morgan fingerprint density at radius 3 is 2.74 bits per heavy atom. The average molecular weight is 283 g/mol. The number of carbonyl (C=O) groups excluding carboxylic acids is 1. The first kappa shape index (κ1) is 14.9. The van der Waals surface area contributed by atoms with Gasteiger partial charge in [-0.1, -0.05) is 19.8 Å². The van der Waals surface area contributed by atoms with E-state index in [9.17, 15) is 4.79 Å². The number of hydrogen-bond donors (Lipinski definition) is 0. The van der Waals surface area contributed by atoms with Crippen LogP contribution in [0.2, 0.25) is 0 Å². The molecule has 0 aromatic heterocycles. The van der Waals surface area contributed by atoms with E-state index in [1.807, 2.05) is 0 Å². The van der Waals surface area contributed by atoms with Gasteiger partial charge in [-0.15, -0.1) is 11.8 Å². The molecule has 1 unspecified atom stereocenters. The Morgan fingerprint density at radius 1 is 1.37 bits per heavy atom. The smallest absolute Gasteiger partial charge is 0.211 e. The Hall–Kier alpha value is -0.480. The van der Waals surface area contributed by atoms with Gasteiger partial charge in [0.25, 0.3) is 0 Å². The molecule has 0 N–H and O–H groups in total. The molecule has 0 aromatic carbocycles. The van der Waals surface area contributed by atoms with E-state index < -0.39 is 0 Å². The van der Waals surface area contributed by atoms with Gasteiger partial charge in [0.1, 0.15) is 0 Å². The highest BCUT2D eigenvalue weighted by Crippen LogP contribution is 2.39. The van der Waals surface area contributed by atoms with Crippen molar-refractivity contribution in [1.29, 1.82) is 0 Å². The van der Waals surface area contributed by atoms with Gasteiger partial charge in [0.15, 0.2) is 5.76 Å². The van der Waals surface area contributed by atoms with Crippen LogP contribution in [0.1, 0.15) is 45.4 Å². The summed E-state index contributed by atoms with van der Waals surface area (Å²) in [7, 11) is 1.63. The highest BCUT2D eigenvalue weighted by atomic mass is 32.2. The zero-order chi connectivity index (χ0) is 13.7. The maximum Gasteiger partial charge on any atom is 0.211 e. The minimum atomic E-state index is 0.114. The highest BCUT2D eigenvalue weighted by Gasteiger charge is 2.34. The molecule has 1 atom stereocenters. The number of ketones is 1. The summed E-state index contributed by atoms with van der Waals surface area (Å²) in [5, 5.41) is 0.114. The van der Waals surface area contributed by atoms with Crippen LogP contribution in [-0.4, -0.2) is 42.7 Å². The van der Waals surface area contributed by atoms with E-state index in [2.05, 4.69) is 11.8 Å². The third-order valence-electron chi connectivity index (χ3n) is 3.93. The van der Waals surface area contributed by atoms with Gasteiger partial charge in [-0.3, -0.25) is 4.79 Å². The van der Waals surface area contributed by atoms with Crippen molar-refractivity contribution in [1.82, 2.24) is 4.90 Å². The summed E-state index contributed by atoms with van der Waals surface area (Å²) >= 11 is 1.75. The number of nitrogens with zero attached hydrogens (tertiary/aromatic N) is 1. The molecule has 0 saturated carbocycles. The fourth-order valence-electron chi connectivity index (χ4n) is 2.79. The first-order chi connectivity index (χ1) is 9.26. The number of carbonyl (C=O) groups is 1. The second-order valence-electron chi connectivity index (χ2n) is 5.37. The van der Waals surface area contributed by atoms with E-state index in [0.29, 0.717) is 5.76 Å². The van der Waals surface area contributed by atoms with Gasteiger partial charge in [0.05, 0.1) is 12.4 Å². The molecule has 0 aliphatic carbocycles. The molecule has 1 fully saturated rings. The number of Topliss-reactive ketones (excluding diaryl/α,β-unsaturated/α-hetero) is 1. The van der Waals surface area contributed by atoms with E-state index in [4.69, 9.17) is 4.74 Å². The molecule has 3 nitrogen and oxygen atoms in total. The second kappa shape index (κ2) is 7.34. The minimum absolute atomic E-state index is 0.114. The Bertz CT molecular complexity index is 348. The van der Waals surface area contributed by atoms with Crippen molar-refractivity contribution in [2.45, 2.75) is 50.7 Å². The predicted octanol–water partition coefficient (Wildman–Crippen LogP) is 3.21. The number of likely N-dealkylation sites (tertiary alicyclic amines) is 1. The fourth-order valence-corrected chi connectivity index (χ4v) is 4.14. The van der Waals surface area contributed by atoms with Crippen LogP contribution in [0.3, 0.4) is 0 Å². The van der Waals surface area contributed by atoms with Crippen LogP contribution >= 0.6 is 11.8 Å². The summed E-state index contributed by atoms with van der Waals surface area (Å²) in [4.78, 5) is 15.9. The third kappa shape index (κ3) is 3.76. The fraction of sp³-hybridized carbons (Fsp3) is 0.800. The molecule has 0 radical (unpaired) electrons. The number of hydrogen-bond acceptors (Lipinski definition) is 4. The van der Waals surface area contributed by atoms with Gasteiger partial charge in [0.2, 0.25) is 5.78 Å². The van der Waals surface area contributed by atoms with Crippen LogP contribution in [-0.2, 0) is 9.53 Å². The average Bonchev–Trinajstić information content (AvgIpc) is 3.02. The number of allylic oxidation sites excluding steroid dienone is 1. The van der Waals surface area contributed by atoms with Crippen LogP contribution in [0.25, 0.3) is 0 Å². The van der Waals surface area contributed by atoms with Crippen LogP contribution in [0.5, 0.6) is 0 Å². The lowest BCUT2D eigenvalue weighted by Crippen LogP contribution is -2.20. The number of ether oxygens (including phenoxy) is 1. The topological polar surface area (TPSA) is 29.5 Å². The van der Waals surface area contributed by atoms with Gasteiger partial charge < -0.3 is 9.64 Å². The summed E-state index contributed by atoms with van der Waals surface area (Å²) < 4.78 is 5.35. The SMILES string of the molecule is CCCCC1SC(CCN2CCCC2)=C(OC)C1=O. The van der Waals surface area contributed by atoms with Gasteiger partial charge >= 0.3 is 0 Å². The van der Waals surface area contributed by atoms with Crippen molar-refractivity contribution in [2.24, 2.45) is 0 Å². The molecular weight excluding hydrogens is 258 g/mol. The molecule has 2 heterocycles. The van der Waals surface area contributed by atoms with Crippen LogP contribution < -0.4 is 0 Å². The maximum atomic E-state index is 12.2. The van der Waals surface area contributed by atoms with Crippen molar-refractivity contribution in [3.05, 3.63) is 10.7 Å². The van der Waals surface area contributed by atoms with Gasteiger partial charge in [-0.25, -0.2) is 0 Å². The Balaban J connectivity index is 1.89. The van der Waals surface area contributed by atoms with Crippen molar-refractivity contribution in [2.75, 3.05) is 26.7 Å². The molecule has 2 aliphatic heterocycles. The Morgan fingerprint density at radius 2 is 2.11 bits per heavy atom. The Kier molecular flexibility index (Phi) is 5.76. The molecule has 19 heavy (non-hydrogen) atoms. The molecule has 2 rings (SSSR count). The van der Waals surface area contributed by atoms with E-state index in [0.717, 1.165) is 32.2 Å². The van der Waals surface area contributed by atoms with Gasteiger partial charge in [-0.2, -0.15) is 0 Å². The molecular formula is C15H25NO2S. The van der Waals surface area contributed by atoms with Crippen molar-refractivity contribution >= 4 is 17.5 Å². The molecule has 1 saturated heterocycles. The molecule has 4 heteroatoms. The molecule has 0 spiro atoms. The third-order valence-corrected chi connectivity index (χ3v) is 5.34. The zero-order valence-electron chi connectivity index (χ0n) is 12.1. The van der Waals surface area contributed by atoms with Crippen LogP contribution in [0.4, 0.5) is 0 Å². The minimum Gasteiger partial charge on any atom is -0.492 e. The lowest BCUT2D eigenvalue weighted by atomic mass is 10.1. The lowest BCUT2D eigenvalue weighted by molar-refractivity contribution is -0.117. The van der Waals surface area contributed by atoms with Crippen molar-refractivity contribution in [3.63, 3.8) is 0 Å². The van der Waals surface area contributed by atoms with Crippen molar-refractivity contribution < 1.29 is 9.53 Å². The summed E-state index contributed by atoms with van der Waals surface area (Å²) in [5.74, 6) is 0.864. The summed E-state index contributed by atoms with van der Waals surface area (Å²) in [6, 6.07) is 0. The van der Waals surface area contributed by atoms with E-state index in [-0.39, 0.29) is 11.0 Å². The quantitative estimate of drug-likeness (QED) is 0.717. The zero-order valence-corrected chi connectivity index (χ0v) is 12.9. The molecule has 0 aromatic rings. The number of rotatable bonds is 7. The first-order valence-electron chi connectivity index (χ1n) is 7.46. The van der Waals surface area contributed by atoms with Gasteiger partial charge in [0, 0.05) is 11.4 Å². The summed E-state index contributed by atoms with van der Waals surface area (Å²) in [5.41, 5.74) is 0. The predicted molar refractivity (Wildman–Crippen MR) is 80.2 cm³/mol. The van der Waals surface area contributed by atoms with Crippen LogP contribution in [0.15, 0.2) is 10.7 Å². The highest BCUT2D eigenvalue weighted by molar-refractivity contribution is 8.04. The lowest BCUT2D eigenvalue weighted by Gasteiger charge is -2.14. The Labute approximate surface area is 120 Å². The molecule has 0 bridgehead atoms. The first-order valence-corrected chi connectivity index (χ1v) is 8.34. The molecule has 0 amide bonds.